The number of phenols is 1. The average Bonchev–Trinajstić information content (AvgIpc) is 2.53. The lowest BCUT2D eigenvalue weighted by molar-refractivity contribution is -0.435. The highest BCUT2D eigenvalue weighted by atomic mass is 19.4. The van der Waals surface area contributed by atoms with E-state index in [0.717, 1.165) is 0 Å². The molecule has 0 saturated carbocycles. The first kappa shape index (κ1) is 23.9. The van der Waals surface area contributed by atoms with Crippen molar-refractivity contribution in [2.24, 2.45) is 0 Å². The number of benzene rings is 1. The maximum Gasteiger partial charge on any atom is 0.460 e. The van der Waals surface area contributed by atoms with E-state index in [1.165, 1.54) is 0 Å². The second-order valence-electron chi connectivity index (χ2n) is 5.40. The second-order valence-corrected chi connectivity index (χ2v) is 5.40. The van der Waals surface area contributed by atoms with Crippen molar-refractivity contribution in [1.29, 1.82) is 0 Å². The van der Waals surface area contributed by atoms with Gasteiger partial charge in [0.15, 0.2) is 0 Å². The summed E-state index contributed by atoms with van der Waals surface area (Å²) in [5.41, 5.74) is -3.42. The summed E-state index contributed by atoms with van der Waals surface area (Å²) < 4.78 is 169. The van der Waals surface area contributed by atoms with E-state index in [1.54, 1.807) is 0 Å². The Kier molecular flexibility index (Phi) is 5.49. The highest BCUT2D eigenvalue weighted by molar-refractivity contribution is 5.70. The van der Waals surface area contributed by atoms with Gasteiger partial charge in [-0.25, -0.2) is 0 Å². The molecule has 0 aliphatic carbocycles. The van der Waals surface area contributed by atoms with Crippen molar-refractivity contribution < 1.29 is 62.2 Å². The van der Waals surface area contributed by atoms with Gasteiger partial charge in [0.25, 0.3) is 0 Å². The van der Waals surface area contributed by atoms with Crippen molar-refractivity contribution in [1.82, 2.24) is 0 Å². The van der Waals surface area contributed by atoms with Crippen LogP contribution in [0.4, 0.5) is 57.1 Å². The minimum Gasteiger partial charge on any atom is -0.508 e. The highest BCUT2D eigenvalue weighted by Gasteiger charge is 2.90. The van der Waals surface area contributed by atoms with Gasteiger partial charge in [0.05, 0.1) is 0 Å². The van der Waals surface area contributed by atoms with Gasteiger partial charge >= 0.3 is 35.8 Å². The quantitative estimate of drug-likeness (QED) is 0.529. The van der Waals surface area contributed by atoms with Crippen LogP contribution in [-0.2, 0) is 0 Å². The van der Waals surface area contributed by atoms with Crippen LogP contribution in [-0.4, -0.2) is 40.9 Å². The molecule has 14 heteroatoms. The van der Waals surface area contributed by atoms with Crippen LogP contribution < -0.4 is 0 Å². The summed E-state index contributed by atoms with van der Waals surface area (Å²) in [6.45, 7) is 2.30. The molecule has 1 aromatic rings. The van der Waals surface area contributed by atoms with E-state index in [0.29, 0.717) is 24.3 Å². The molecule has 0 atom stereocenters. The van der Waals surface area contributed by atoms with Gasteiger partial charge in [-0.1, -0.05) is 18.7 Å². The molecule has 0 unspecified atom stereocenters. The van der Waals surface area contributed by atoms with Gasteiger partial charge in [0, 0.05) is 5.57 Å². The van der Waals surface area contributed by atoms with Gasteiger partial charge in [-0.05, 0) is 17.7 Å². The zero-order chi connectivity index (χ0) is 22.6. The van der Waals surface area contributed by atoms with E-state index in [2.05, 4.69) is 6.58 Å². The maximum absolute atomic E-state index is 13.8. The number of halogens is 13. The van der Waals surface area contributed by atoms with Gasteiger partial charge in [0.2, 0.25) is 0 Å². The van der Waals surface area contributed by atoms with Gasteiger partial charge in [0.1, 0.15) is 5.75 Å². The Balaban J connectivity index is 3.52. The highest BCUT2D eigenvalue weighted by Crippen LogP contribution is 2.61. The van der Waals surface area contributed by atoms with Crippen LogP contribution in [0.1, 0.15) is 5.56 Å². The molecule has 0 aromatic heterocycles. The third-order valence-corrected chi connectivity index (χ3v) is 3.53. The predicted octanol–water partition coefficient (Wildman–Crippen LogP) is 6.14. The molecule has 1 aromatic carbocycles. The SMILES string of the molecule is C=C(c1ccc(O)cc1)C(F)(F)C(F)(F)C(F)(F)C(F)(F)C(F)(F)C(F)(F)F. The largest absolute Gasteiger partial charge is 0.508 e. The summed E-state index contributed by atoms with van der Waals surface area (Å²) in [6.07, 6.45) is -7.46. The fourth-order valence-electron chi connectivity index (χ4n) is 1.80. The maximum atomic E-state index is 13.8. The van der Waals surface area contributed by atoms with E-state index in [4.69, 9.17) is 5.11 Å². The summed E-state index contributed by atoms with van der Waals surface area (Å²) >= 11 is 0. The molecule has 0 radical (unpaired) electrons. The van der Waals surface area contributed by atoms with E-state index < -0.39 is 52.7 Å². The Morgan fingerprint density at radius 3 is 1.32 bits per heavy atom. The number of alkyl halides is 13. The van der Waals surface area contributed by atoms with Crippen LogP contribution >= 0.6 is 0 Å². The Hall–Kier alpha value is -2.15. The van der Waals surface area contributed by atoms with Crippen LogP contribution in [0.5, 0.6) is 5.75 Å². The molecule has 28 heavy (non-hydrogen) atoms. The molecule has 1 N–H and O–H groups in total. The number of allylic oxidation sites excluding steroid dienone is 1. The Bertz CT molecular complexity index is 731. The van der Waals surface area contributed by atoms with Crippen molar-refractivity contribution in [2.75, 3.05) is 0 Å². The number of hydrogen-bond acceptors (Lipinski definition) is 1. The van der Waals surface area contributed by atoms with Gasteiger partial charge in [-0.15, -0.1) is 0 Å². The van der Waals surface area contributed by atoms with Gasteiger partial charge < -0.3 is 5.11 Å². The zero-order valence-electron chi connectivity index (χ0n) is 12.9. The lowest BCUT2D eigenvalue weighted by Gasteiger charge is -2.40. The zero-order valence-corrected chi connectivity index (χ0v) is 12.9. The lowest BCUT2D eigenvalue weighted by atomic mass is 9.88. The fraction of sp³-hybridized carbons (Fsp3) is 0.429. The number of hydrogen-bond donors (Lipinski definition) is 1. The van der Waals surface area contributed by atoms with Crippen molar-refractivity contribution in [3.05, 3.63) is 36.4 Å². The van der Waals surface area contributed by atoms with Gasteiger partial charge in [-0.2, -0.15) is 57.1 Å². The fourth-order valence-corrected chi connectivity index (χ4v) is 1.80. The van der Waals surface area contributed by atoms with E-state index in [9.17, 15) is 57.1 Å². The van der Waals surface area contributed by atoms with E-state index in [-0.39, 0.29) is 0 Å². The molecule has 0 fully saturated rings. The second kappa shape index (κ2) is 6.44. The van der Waals surface area contributed by atoms with Crippen molar-refractivity contribution in [3.63, 3.8) is 0 Å². The molecule has 0 bridgehead atoms. The normalized spacial score (nSPS) is 14.9. The lowest BCUT2D eigenvalue weighted by Crippen LogP contribution is -2.70. The summed E-state index contributed by atoms with van der Waals surface area (Å²) in [5.74, 6) is -38.1. The molecular weight excluding hydrogens is 431 g/mol. The Labute approximate surface area is 147 Å². The summed E-state index contributed by atoms with van der Waals surface area (Å²) in [5, 5.41) is 8.93. The summed E-state index contributed by atoms with van der Waals surface area (Å²) in [6, 6.07) is 1.95. The number of rotatable bonds is 6. The first-order valence-electron chi connectivity index (χ1n) is 6.61. The number of phenolic OH excluding ortho intramolecular Hbond substituents is 1. The number of aromatic hydroxyl groups is 1. The minimum atomic E-state index is -7.96. The molecule has 1 rings (SSSR count). The molecule has 0 aliphatic heterocycles. The van der Waals surface area contributed by atoms with E-state index in [1.807, 2.05) is 0 Å². The Morgan fingerprint density at radius 2 is 0.964 bits per heavy atom. The monoisotopic (exact) mass is 438 g/mol. The van der Waals surface area contributed by atoms with Crippen LogP contribution in [0.3, 0.4) is 0 Å². The Morgan fingerprint density at radius 1 is 0.607 bits per heavy atom. The molecule has 1 nitrogen and oxygen atoms in total. The first-order valence-corrected chi connectivity index (χ1v) is 6.61. The van der Waals surface area contributed by atoms with Crippen LogP contribution in [0, 0.1) is 0 Å². The molecule has 0 amide bonds. The van der Waals surface area contributed by atoms with Crippen molar-refractivity contribution in [2.45, 2.75) is 35.8 Å². The minimum absolute atomic E-state index is 0.405. The molecule has 0 spiro atoms. The predicted molar refractivity (Wildman–Crippen MR) is 67.9 cm³/mol. The topological polar surface area (TPSA) is 20.2 Å². The molecule has 0 heterocycles. The third-order valence-electron chi connectivity index (χ3n) is 3.53. The van der Waals surface area contributed by atoms with Crippen molar-refractivity contribution >= 4 is 5.57 Å². The van der Waals surface area contributed by atoms with Crippen molar-refractivity contribution in [3.8, 4) is 5.75 Å². The summed E-state index contributed by atoms with van der Waals surface area (Å²) in [4.78, 5) is 0. The standard InChI is InChI=1S/C14H7F13O/c1-6(7-2-4-8(28)5-3-7)9(15,16)10(17,18)11(19,20)12(21,22)13(23,24)14(25,26)27/h2-5,28H,1H2. The smallest absolute Gasteiger partial charge is 0.460 e. The van der Waals surface area contributed by atoms with E-state index >= 15 is 0 Å². The molecule has 160 valence electrons. The molecule has 0 aliphatic rings. The van der Waals surface area contributed by atoms with Crippen LogP contribution in [0.2, 0.25) is 0 Å². The third kappa shape index (κ3) is 3.15. The van der Waals surface area contributed by atoms with Crippen LogP contribution in [0.25, 0.3) is 5.57 Å². The molecular formula is C14H7F13O. The average molecular weight is 438 g/mol. The van der Waals surface area contributed by atoms with Gasteiger partial charge in [-0.3, -0.25) is 0 Å². The summed E-state index contributed by atoms with van der Waals surface area (Å²) in [7, 11) is 0. The van der Waals surface area contributed by atoms with Crippen LogP contribution in [0.15, 0.2) is 30.8 Å². The molecule has 0 saturated heterocycles. The first-order chi connectivity index (χ1) is 12.2.